The highest BCUT2D eigenvalue weighted by Gasteiger charge is 2.54. The zero-order valence-corrected chi connectivity index (χ0v) is 16.7. The Labute approximate surface area is 173 Å². The molecule has 3 heterocycles. The van der Waals surface area contributed by atoms with Crippen molar-refractivity contribution in [3.8, 4) is 0 Å². The Bertz CT molecular complexity index is 1050. The van der Waals surface area contributed by atoms with Gasteiger partial charge in [0.05, 0.1) is 38.3 Å². The van der Waals surface area contributed by atoms with Crippen molar-refractivity contribution in [1.29, 1.82) is 0 Å². The number of ether oxygens (including phenoxy) is 1. The van der Waals surface area contributed by atoms with Crippen LogP contribution < -0.4 is 4.90 Å². The van der Waals surface area contributed by atoms with E-state index in [1.807, 2.05) is 0 Å². The number of amides is 2. The van der Waals surface area contributed by atoms with Crippen molar-refractivity contribution < 1.29 is 23.8 Å². The van der Waals surface area contributed by atoms with Gasteiger partial charge in [0.1, 0.15) is 11.4 Å². The number of anilines is 1. The maximum Gasteiger partial charge on any atom is 0.254 e. The third kappa shape index (κ3) is 3.28. The van der Waals surface area contributed by atoms with Crippen molar-refractivity contribution in [2.24, 2.45) is 0 Å². The van der Waals surface area contributed by atoms with Crippen molar-refractivity contribution in [3.05, 3.63) is 65.0 Å². The molecule has 0 bridgehead atoms. The maximum atomic E-state index is 13.5. The molecule has 3 aliphatic heterocycles. The monoisotopic (exact) mass is 410 g/mol. The Balaban J connectivity index is 1.30. The zero-order chi connectivity index (χ0) is 21.1. The SMILES string of the molecule is CC1(O)COC2(CN(C(=O)c3ccc4c(c3)CC(=O)N4Cc3cccc(F)c3)C2)C1. The molecule has 0 aliphatic carbocycles. The topological polar surface area (TPSA) is 70.1 Å². The molecule has 2 fully saturated rings. The normalized spacial score (nSPS) is 24.3. The van der Waals surface area contributed by atoms with Crippen molar-refractivity contribution in [3.63, 3.8) is 0 Å². The van der Waals surface area contributed by atoms with Gasteiger partial charge in [-0.15, -0.1) is 0 Å². The second-order valence-corrected chi connectivity index (χ2v) is 8.94. The molecule has 2 amide bonds. The molecule has 2 saturated heterocycles. The number of rotatable bonds is 3. The fraction of sp³-hybridized carbons (Fsp3) is 0.391. The van der Waals surface area contributed by atoms with Gasteiger partial charge in [-0.25, -0.2) is 4.39 Å². The largest absolute Gasteiger partial charge is 0.388 e. The third-order valence-corrected chi connectivity index (χ3v) is 6.13. The van der Waals surface area contributed by atoms with E-state index in [1.54, 1.807) is 47.1 Å². The molecule has 156 valence electrons. The van der Waals surface area contributed by atoms with Crippen LogP contribution in [0.25, 0.3) is 0 Å². The smallest absolute Gasteiger partial charge is 0.254 e. The number of hydrogen-bond donors (Lipinski definition) is 1. The van der Waals surface area contributed by atoms with Crippen molar-refractivity contribution >= 4 is 17.5 Å². The summed E-state index contributed by atoms with van der Waals surface area (Å²) in [6.45, 7) is 3.26. The molecule has 30 heavy (non-hydrogen) atoms. The number of carbonyl (C=O) groups is 2. The van der Waals surface area contributed by atoms with Crippen LogP contribution in [0.2, 0.25) is 0 Å². The number of fused-ring (bicyclic) bond motifs is 1. The van der Waals surface area contributed by atoms with E-state index in [-0.39, 0.29) is 30.7 Å². The molecule has 5 rings (SSSR count). The lowest BCUT2D eigenvalue weighted by atomic mass is 9.85. The molecular weight excluding hydrogens is 387 g/mol. The molecule has 1 N–H and O–H groups in total. The standard InChI is InChI=1S/C23H23FN2O4/c1-22(29)11-23(30-14-22)12-25(13-23)21(28)16-5-6-19-17(8-16)9-20(27)26(19)10-15-3-2-4-18(24)7-15/h2-8,29H,9-14H2,1H3. The summed E-state index contributed by atoms with van der Waals surface area (Å²) >= 11 is 0. The Morgan fingerprint density at radius 3 is 2.73 bits per heavy atom. The summed E-state index contributed by atoms with van der Waals surface area (Å²) in [7, 11) is 0. The van der Waals surface area contributed by atoms with Crippen LogP contribution in [-0.4, -0.2) is 52.7 Å². The van der Waals surface area contributed by atoms with Crippen molar-refractivity contribution in [1.82, 2.24) is 4.90 Å². The molecule has 2 aromatic rings. The predicted molar refractivity (Wildman–Crippen MR) is 108 cm³/mol. The number of carbonyl (C=O) groups excluding carboxylic acids is 2. The lowest BCUT2D eigenvalue weighted by Gasteiger charge is -2.47. The maximum absolute atomic E-state index is 13.5. The van der Waals surface area contributed by atoms with Crippen molar-refractivity contribution in [2.75, 3.05) is 24.6 Å². The van der Waals surface area contributed by atoms with Gasteiger partial charge in [-0.1, -0.05) is 12.1 Å². The predicted octanol–water partition coefficient (Wildman–Crippen LogP) is 2.28. The third-order valence-electron chi connectivity index (χ3n) is 6.13. The van der Waals surface area contributed by atoms with Crippen LogP contribution in [0.3, 0.4) is 0 Å². The van der Waals surface area contributed by atoms with E-state index in [9.17, 15) is 19.1 Å². The highest BCUT2D eigenvalue weighted by Crippen LogP contribution is 2.40. The van der Waals surface area contributed by atoms with Gasteiger partial charge in [-0.05, 0) is 48.4 Å². The molecule has 0 radical (unpaired) electrons. The summed E-state index contributed by atoms with van der Waals surface area (Å²) in [6.07, 6.45) is 0.749. The molecule has 1 unspecified atom stereocenters. The minimum absolute atomic E-state index is 0.0663. The summed E-state index contributed by atoms with van der Waals surface area (Å²) in [6, 6.07) is 11.5. The lowest BCUT2D eigenvalue weighted by Crippen LogP contribution is -2.63. The van der Waals surface area contributed by atoms with E-state index < -0.39 is 11.2 Å². The average molecular weight is 410 g/mol. The number of benzene rings is 2. The Morgan fingerprint density at radius 1 is 1.23 bits per heavy atom. The Kier molecular flexibility index (Phi) is 4.24. The molecule has 1 atom stereocenters. The number of aliphatic hydroxyl groups is 1. The Morgan fingerprint density at radius 2 is 2.03 bits per heavy atom. The van der Waals surface area contributed by atoms with E-state index in [0.717, 1.165) is 16.8 Å². The van der Waals surface area contributed by atoms with Gasteiger partial charge < -0.3 is 19.6 Å². The van der Waals surface area contributed by atoms with Gasteiger partial charge in [-0.2, -0.15) is 0 Å². The van der Waals surface area contributed by atoms with Crippen LogP contribution in [-0.2, 0) is 22.5 Å². The summed E-state index contributed by atoms with van der Waals surface area (Å²) in [4.78, 5) is 28.8. The summed E-state index contributed by atoms with van der Waals surface area (Å²) < 4.78 is 19.2. The van der Waals surface area contributed by atoms with Crippen LogP contribution in [0.5, 0.6) is 0 Å². The van der Waals surface area contributed by atoms with E-state index in [1.165, 1.54) is 12.1 Å². The fourth-order valence-corrected chi connectivity index (χ4v) is 4.79. The highest BCUT2D eigenvalue weighted by molar-refractivity contribution is 6.03. The first-order valence-electron chi connectivity index (χ1n) is 10.1. The quantitative estimate of drug-likeness (QED) is 0.843. The number of nitrogens with zero attached hydrogens (tertiary/aromatic N) is 2. The second-order valence-electron chi connectivity index (χ2n) is 8.94. The van der Waals surface area contributed by atoms with Gasteiger partial charge in [-0.3, -0.25) is 9.59 Å². The fourth-order valence-electron chi connectivity index (χ4n) is 4.79. The van der Waals surface area contributed by atoms with Crippen LogP contribution in [0, 0.1) is 5.82 Å². The minimum atomic E-state index is -0.839. The first-order valence-corrected chi connectivity index (χ1v) is 10.1. The summed E-state index contributed by atoms with van der Waals surface area (Å²) in [5.74, 6) is -0.502. The summed E-state index contributed by atoms with van der Waals surface area (Å²) in [5, 5.41) is 10.1. The van der Waals surface area contributed by atoms with E-state index in [0.29, 0.717) is 31.6 Å². The molecule has 3 aliphatic rings. The molecular formula is C23H23FN2O4. The molecule has 7 heteroatoms. The van der Waals surface area contributed by atoms with E-state index in [4.69, 9.17) is 4.74 Å². The molecule has 2 aromatic carbocycles. The van der Waals surface area contributed by atoms with Crippen LogP contribution in [0.1, 0.15) is 34.8 Å². The van der Waals surface area contributed by atoms with Gasteiger partial charge in [0.25, 0.3) is 5.91 Å². The zero-order valence-electron chi connectivity index (χ0n) is 16.7. The highest BCUT2D eigenvalue weighted by atomic mass is 19.1. The average Bonchev–Trinajstić information content (AvgIpc) is 3.16. The number of likely N-dealkylation sites (tertiary alicyclic amines) is 1. The number of hydrogen-bond acceptors (Lipinski definition) is 4. The van der Waals surface area contributed by atoms with Crippen LogP contribution in [0.15, 0.2) is 42.5 Å². The molecule has 1 spiro atoms. The second kappa shape index (κ2) is 6.62. The van der Waals surface area contributed by atoms with Crippen molar-refractivity contribution in [2.45, 2.75) is 37.5 Å². The van der Waals surface area contributed by atoms with Crippen LogP contribution >= 0.6 is 0 Å². The molecule has 0 saturated carbocycles. The van der Waals surface area contributed by atoms with E-state index >= 15 is 0 Å². The number of halogens is 1. The van der Waals surface area contributed by atoms with Gasteiger partial charge in [0, 0.05) is 17.7 Å². The lowest BCUT2D eigenvalue weighted by molar-refractivity contribution is -0.117. The molecule has 6 nitrogen and oxygen atoms in total. The van der Waals surface area contributed by atoms with E-state index in [2.05, 4.69) is 0 Å². The van der Waals surface area contributed by atoms with Gasteiger partial charge in [0.15, 0.2) is 0 Å². The molecule has 0 aromatic heterocycles. The first-order chi connectivity index (χ1) is 14.2. The van der Waals surface area contributed by atoms with Gasteiger partial charge in [0.2, 0.25) is 5.91 Å². The minimum Gasteiger partial charge on any atom is -0.388 e. The summed E-state index contributed by atoms with van der Waals surface area (Å²) in [5.41, 5.74) is 1.54. The van der Waals surface area contributed by atoms with Crippen LogP contribution in [0.4, 0.5) is 10.1 Å². The first kappa shape index (κ1) is 19.2. The van der Waals surface area contributed by atoms with Gasteiger partial charge >= 0.3 is 0 Å². The Hall–Kier alpha value is -2.77.